The Balaban J connectivity index is 2.85. The fourth-order valence-corrected chi connectivity index (χ4v) is 1.44. The van der Waals surface area contributed by atoms with Crippen molar-refractivity contribution in [3.8, 4) is 0 Å². The highest BCUT2D eigenvalue weighted by molar-refractivity contribution is 5.22. The third kappa shape index (κ3) is 3.25. The predicted octanol–water partition coefficient (Wildman–Crippen LogP) is 1.83. The normalized spacial score (nSPS) is 12.8. The maximum absolute atomic E-state index is 13.4. The van der Waals surface area contributed by atoms with Gasteiger partial charge in [-0.2, -0.15) is 0 Å². The van der Waals surface area contributed by atoms with Crippen molar-refractivity contribution in [1.29, 1.82) is 0 Å². The molecule has 0 aromatic heterocycles. The molecular weight excluding hydrogens is 198 g/mol. The molecule has 1 aromatic carbocycles. The van der Waals surface area contributed by atoms with Gasteiger partial charge in [0.05, 0.1) is 0 Å². The predicted molar refractivity (Wildman–Crippen MR) is 56.7 cm³/mol. The second-order valence-electron chi connectivity index (χ2n) is 3.31. The van der Waals surface area contributed by atoms with Gasteiger partial charge in [-0.25, -0.2) is 8.78 Å². The molecule has 4 heteroatoms. The average molecular weight is 214 g/mol. The molecule has 0 amide bonds. The van der Waals surface area contributed by atoms with E-state index in [1.54, 1.807) is 7.05 Å². The Morgan fingerprint density at radius 1 is 1.33 bits per heavy atom. The number of hydrogen-bond acceptors (Lipinski definition) is 2. The monoisotopic (exact) mass is 214 g/mol. The van der Waals surface area contributed by atoms with Gasteiger partial charge in [0.1, 0.15) is 11.6 Å². The molecule has 0 spiro atoms. The van der Waals surface area contributed by atoms with Gasteiger partial charge < -0.3 is 10.6 Å². The van der Waals surface area contributed by atoms with Crippen molar-refractivity contribution in [3.63, 3.8) is 0 Å². The summed E-state index contributed by atoms with van der Waals surface area (Å²) in [6, 6.07) is 3.30. The zero-order chi connectivity index (χ0) is 11.3. The Hall–Kier alpha value is -1.00. The fraction of sp³-hybridized carbons (Fsp3) is 0.455. The van der Waals surface area contributed by atoms with E-state index in [0.717, 1.165) is 18.7 Å². The van der Waals surface area contributed by atoms with E-state index in [1.807, 2.05) is 6.92 Å². The maximum atomic E-state index is 13.4. The summed E-state index contributed by atoms with van der Waals surface area (Å²) in [4.78, 5) is 0. The molecule has 1 aromatic rings. The number of halogens is 2. The van der Waals surface area contributed by atoms with Crippen LogP contribution in [0.5, 0.6) is 0 Å². The number of nitrogens with one attached hydrogen (secondary N) is 2. The molecule has 0 radical (unpaired) electrons. The Morgan fingerprint density at radius 2 is 2.07 bits per heavy atom. The lowest BCUT2D eigenvalue weighted by Crippen LogP contribution is -2.30. The Kier molecular flexibility index (Phi) is 4.65. The van der Waals surface area contributed by atoms with Crippen LogP contribution in [0.3, 0.4) is 0 Å². The molecule has 2 N–H and O–H groups in total. The topological polar surface area (TPSA) is 24.1 Å². The van der Waals surface area contributed by atoms with E-state index in [1.165, 1.54) is 6.07 Å². The van der Waals surface area contributed by atoms with Gasteiger partial charge in [0.25, 0.3) is 0 Å². The zero-order valence-electron chi connectivity index (χ0n) is 8.98. The molecule has 0 fully saturated rings. The number of likely N-dealkylation sites (N-methyl/N-ethyl adjacent to an activating group) is 2. The summed E-state index contributed by atoms with van der Waals surface area (Å²) < 4.78 is 26.4. The van der Waals surface area contributed by atoms with Crippen LogP contribution in [0.25, 0.3) is 0 Å². The second kappa shape index (κ2) is 5.78. The third-order valence-corrected chi connectivity index (χ3v) is 2.28. The van der Waals surface area contributed by atoms with Gasteiger partial charge in [0.2, 0.25) is 0 Å². The van der Waals surface area contributed by atoms with Crippen LogP contribution in [-0.2, 0) is 0 Å². The minimum Gasteiger partial charge on any atom is -0.315 e. The molecule has 1 rings (SSSR count). The lowest BCUT2D eigenvalue weighted by atomic mass is 10.1. The Morgan fingerprint density at radius 3 is 2.67 bits per heavy atom. The number of hydrogen-bond donors (Lipinski definition) is 2. The van der Waals surface area contributed by atoms with Gasteiger partial charge >= 0.3 is 0 Å². The van der Waals surface area contributed by atoms with E-state index in [-0.39, 0.29) is 11.9 Å². The molecule has 0 aliphatic heterocycles. The summed E-state index contributed by atoms with van der Waals surface area (Å²) in [5.41, 5.74) is 0.360. The van der Waals surface area contributed by atoms with Gasteiger partial charge in [-0.1, -0.05) is 6.92 Å². The van der Waals surface area contributed by atoms with Crippen LogP contribution in [-0.4, -0.2) is 20.1 Å². The van der Waals surface area contributed by atoms with Crippen molar-refractivity contribution in [2.24, 2.45) is 0 Å². The lowest BCUT2D eigenvalue weighted by Gasteiger charge is -2.17. The zero-order valence-corrected chi connectivity index (χ0v) is 8.98. The highest BCUT2D eigenvalue weighted by Crippen LogP contribution is 2.17. The summed E-state index contributed by atoms with van der Waals surface area (Å²) >= 11 is 0. The van der Waals surface area contributed by atoms with Crippen molar-refractivity contribution < 1.29 is 8.78 Å². The fourth-order valence-electron chi connectivity index (χ4n) is 1.44. The summed E-state index contributed by atoms with van der Waals surface area (Å²) in [5.74, 6) is -0.795. The van der Waals surface area contributed by atoms with Crippen LogP contribution in [0.4, 0.5) is 8.78 Å². The average Bonchev–Trinajstić information content (AvgIpc) is 2.24. The van der Waals surface area contributed by atoms with Crippen LogP contribution in [0, 0.1) is 11.6 Å². The van der Waals surface area contributed by atoms with Gasteiger partial charge in [-0.15, -0.1) is 0 Å². The highest BCUT2D eigenvalue weighted by atomic mass is 19.1. The lowest BCUT2D eigenvalue weighted by molar-refractivity contribution is 0.498. The molecule has 15 heavy (non-hydrogen) atoms. The smallest absolute Gasteiger partial charge is 0.128 e. The molecule has 0 bridgehead atoms. The van der Waals surface area contributed by atoms with E-state index in [9.17, 15) is 8.78 Å². The first-order valence-corrected chi connectivity index (χ1v) is 5.02. The quantitative estimate of drug-likeness (QED) is 0.781. The summed E-state index contributed by atoms with van der Waals surface area (Å²) in [6.07, 6.45) is 0. The van der Waals surface area contributed by atoms with E-state index < -0.39 is 5.82 Å². The van der Waals surface area contributed by atoms with Crippen molar-refractivity contribution in [1.82, 2.24) is 10.6 Å². The van der Waals surface area contributed by atoms with Gasteiger partial charge in [-0.3, -0.25) is 0 Å². The minimum atomic E-state index is -0.414. The molecule has 0 saturated carbocycles. The largest absolute Gasteiger partial charge is 0.315 e. The molecule has 0 saturated heterocycles. The first-order chi connectivity index (χ1) is 7.19. The molecule has 2 nitrogen and oxygen atoms in total. The van der Waals surface area contributed by atoms with Crippen LogP contribution in [0.15, 0.2) is 18.2 Å². The Bertz CT molecular complexity index is 315. The molecule has 0 aliphatic carbocycles. The van der Waals surface area contributed by atoms with E-state index in [4.69, 9.17) is 0 Å². The van der Waals surface area contributed by atoms with Crippen molar-refractivity contribution >= 4 is 0 Å². The molecule has 1 atom stereocenters. The van der Waals surface area contributed by atoms with Crippen molar-refractivity contribution in [3.05, 3.63) is 35.4 Å². The van der Waals surface area contributed by atoms with Crippen LogP contribution in [0.2, 0.25) is 0 Å². The third-order valence-electron chi connectivity index (χ3n) is 2.28. The van der Waals surface area contributed by atoms with Crippen LogP contribution < -0.4 is 10.6 Å². The summed E-state index contributed by atoms with van der Waals surface area (Å²) in [7, 11) is 1.73. The molecular formula is C11H16F2N2. The molecule has 0 heterocycles. The van der Waals surface area contributed by atoms with Gasteiger partial charge in [0, 0.05) is 18.2 Å². The summed E-state index contributed by atoms with van der Waals surface area (Å²) in [5, 5.41) is 6.04. The second-order valence-corrected chi connectivity index (χ2v) is 3.31. The first-order valence-electron chi connectivity index (χ1n) is 5.02. The van der Waals surface area contributed by atoms with Crippen LogP contribution >= 0.6 is 0 Å². The van der Waals surface area contributed by atoms with E-state index >= 15 is 0 Å². The standard InChI is InChI=1S/C11H16F2N2/c1-3-15-7-11(14-2)9-6-8(12)4-5-10(9)13/h4-6,11,14-15H,3,7H2,1-2H3. The maximum Gasteiger partial charge on any atom is 0.128 e. The molecule has 84 valence electrons. The Labute approximate surface area is 88.7 Å². The molecule has 1 unspecified atom stereocenters. The number of rotatable bonds is 5. The van der Waals surface area contributed by atoms with Gasteiger partial charge in [0.15, 0.2) is 0 Å². The van der Waals surface area contributed by atoms with Gasteiger partial charge in [-0.05, 0) is 31.8 Å². The SMILES string of the molecule is CCNCC(NC)c1cc(F)ccc1F. The van der Waals surface area contributed by atoms with Crippen LogP contribution in [0.1, 0.15) is 18.5 Å². The summed E-state index contributed by atoms with van der Waals surface area (Å²) in [6.45, 7) is 3.34. The van der Waals surface area contributed by atoms with Crippen molar-refractivity contribution in [2.45, 2.75) is 13.0 Å². The first kappa shape index (κ1) is 12.1. The van der Waals surface area contributed by atoms with Crippen molar-refractivity contribution in [2.75, 3.05) is 20.1 Å². The van der Waals surface area contributed by atoms with E-state index in [2.05, 4.69) is 10.6 Å². The minimum absolute atomic E-state index is 0.208. The molecule has 0 aliphatic rings. The number of benzene rings is 1. The highest BCUT2D eigenvalue weighted by Gasteiger charge is 2.13. The van der Waals surface area contributed by atoms with E-state index in [0.29, 0.717) is 12.1 Å².